The molecule has 2 aromatic heterocycles. The van der Waals surface area contributed by atoms with Gasteiger partial charge in [-0.15, -0.1) is 0 Å². The van der Waals surface area contributed by atoms with E-state index in [9.17, 15) is 24.3 Å². The second-order valence-corrected chi connectivity index (χ2v) is 8.51. The smallest absolute Gasteiger partial charge is 0.356 e. The van der Waals surface area contributed by atoms with E-state index >= 15 is 0 Å². The summed E-state index contributed by atoms with van der Waals surface area (Å²) in [5.74, 6) is -1.73. The molecule has 176 valence electrons. The average Bonchev–Trinajstić information content (AvgIpc) is 2.82. The molecule has 9 heteroatoms. The fourth-order valence-electron chi connectivity index (χ4n) is 3.97. The van der Waals surface area contributed by atoms with Crippen molar-refractivity contribution in [1.82, 2.24) is 4.98 Å². The van der Waals surface area contributed by atoms with Crippen molar-refractivity contribution in [3.05, 3.63) is 91.6 Å². The minimum atomic E-state index is -1.25. The Kier molecular flexibility index (Phi) is 6.29. The zero-order valence-corrected chi connectivity index (χ0v) is 19.7. The van der Waals surface area contributed by atoms with E-state index in [-0.39, 0.29) is 50.0 Å². The van der Waals surface area contributed by atoms with Crippen molar-refractivity contribution in [2.24, 2.45) is 0 Å². The van der Waals surface area contributed by atoms with Crippen LogP contribution in [0.1, 0.15) is 45.7 Å². The minimum absolute atomic E-state index is 0.0381. The van der Waals surface area contributed by atoms with Crippen LogP contribution in [0, 0.1) is 31.0 Å². The summed E-state index contributed by atoms with van der Waals surface area (Å²) in [4.78, 5) is 28.8. The van der Waals surface area contributed by atoms with E-state index in [0.29, 0.717) is 10.9 Å². The van der Waals surface area contributed by atoms with Gasteiger partial charge in [0, 0.05) is 16.7 Å². The van der Waals surface area contributed by atoms with Crippen LogP contribution in [0.5, 0.6) is 0 Å². The van der Waals surface area contributed by atoms with Gasteiger partial charge in [-0.25, -0.2) is 14.2 Å². The zero-order chi connectivity index (χ0) is 25.4. The molecule has 2 heterocycles. The maximum absolute atomic E-state index is 14.0. The molecule has 2 aromatic carbocycles. The van der Waals surface area contributed by atoms with Gasteiger partial charge in [-0.05, 0) is 62.7 Å². The molecule has 7 nitrogen and oxygen atoms in total. The lowest BCUT2D eigenvalue weighted by atomic mass is 9.97. The molecule has 4 rings (SSSR count). The molecule has 1 atom stereocenters. The van der Waals surface area contributed by atoms with Crippen LogP contribution in [0.25, 0.3) is 22.3 Å². The Hall–Kier alpha value is -4.22. The van der Waals surface area contributed by atoms with Gasteiger partial charge in [0.1, 0.15) is 22.3 Å². The van der Waals surface area contributed by atoms with Gasteiger partial charge in [-0.3, -0.25) is 4.79 Å². The van der Waals surface area contributed by atoms with Crippen LogP contribution < -0.4 is 10.7 Å². The lowest BCUT2D eigenvalue weighted by Gasteiger charge is -2.19. The largest absolute Gasteiger partial charge is 0.476 e. The highest BCUT2D eigenvalue weighted by Gasteiger charge is 2.22. The van der Waals surface area contributed by atoms with Gasteiger partial charge in [0.15, 0.2) is 11.1 Å². The molecule has 0 aliphatic heterocycles. The first-order chi connectivity index (χ1) is 16.6. The average molecular weight is 492 g/mol. The number of hydrogen-bond donors (Lipinski definition) is 2. The van der Waals surface area contributed by atoms with Crippen molar-refractivity contribution in [3.63, 3.8) is 0 Å². The number of aryl methyl sites for hydroxylation is 1. The Morgan fingerprint density at radius 2 is 1.97 bits per heavy atom. The van der Waals surface area contributed by atoms with Crippen molar-refractivity contribution in [1.29, 1.82) is 5.26 Å². The third-order valence-corrected chi connectivity index (χ3v) is 5.85. The number of nitrogens with one attached hydrogen (secondary N) is 1. The first-order valence-electron chi connectivity index (χ1n) is 10.5. The van der Waals surface area contributed by atoms with Crippen LogP contribution in [-0.2, 0) is 0 Å². The molecular formula is C26H19ClFN3O4. The van der Waals surface area contributed by atoms with Crippen molar-refractivity contribution in [3.8, 4) is 17.4 Å². The molecule has 0 saturated carbocycles. The first kappa shape index (κ1) is 23.9. The number of aromatic carboxylic acids is 1. The normalized spacial score (nSPS) is 11.8. The highest BCUT2D eigenvalue weighted by atomic mass is 35.5. The number of rotatable bonds is 5. The summed E-state index contributed by atoms with van der Waals surface area (Å²) in [5.41, 5.74) is 1.84. The summed E-state index contributed by atoms with van der Waals surface area (Å²) in [7, 11) is 0. The molecular weight excluding hydrogens is 473 g/mol. The topological polar surface area (TPSA) is 116 Å². The van der Waals surface area contributed by atoms with Crippen LogP contribution in [0.3, 0.4) is 0 Å². The number of benzene rings is 2. The molecule has 0 aliphatic rings. The van der Waals surface area contributed by atoms with Gasteiger partial charge in [0.25, 0.3) is 0 Å². The van der Waals surface area contributed by atoms with Gasteiger partial charge < -0.3 is 14.8 Å². The summed E-state index contributed by atoms with van der Waals surface area (Å²) in [5, 5.41) is 22.5. The van der Waals surface area contributed by atoms with Gasteiger partial charge in [0.2, 0.25) is 0 Å². The maximum atomic E-state index is 14.0. The summed E-state index contributed by atoms with van der Waals surface area (Å²) in [6, 6.07) is 11.6. The minimum Gasteiger partial charge on any atom is -0.476 e. The fourth-order valence-corrected chi connectivity index (χ4v) is 4.12. The predicted molar refractivity (Wildman–Crippen MR) is 130 cm³/mol. The molecule has 0 bridgehead atoms. The lowest BCUT2D eigenvalue weighted by molar-refractivity contribution is 0.0691. The molecule has 0 spiro atoms. The standard InChI is InChI=1S/C26H19ClFN3O4/c1-12-8-17(14(3)30-20-6-7-21(27)31-22(20)26(33)34)25-19(9-12)23(32)13(2)24(35-25)18-10-16(28)5-4-15(18)11-29/h4-10,14,30H,1-3H3,(H,33,34)/t14-/m1/s1. The number of halogens is 2. The summed E-state index contributed by atoms with van der Waals surface area (Å²) >= 11 is 5.86. The number of carboxylic acid groups (broad SMARTS) is 1. The summed E-state index contributed by atoms with van der Waals surface area (Å²) in [6.07, 6.45) is 0. The monoisotopic (exact) mass is 491 g/mol. The van der Waals surface area contributed by atoms with E-state index < -0.39 is 17.8 Å². The van der Waals surface area contributed by atoms with Crippen molar-refractivity contribution < 1.29 is 18.7 Å². The molecule has 0 fully saturated rings. The van der Waals surface area contributed by atoms with Crippen molar-refractivity contribution in [2.75, 3.05) is 5.32 Å². The summed E-state index contributed by atoms with van der Waals surface area (Å²) < 4.78 is 20.2. The van der Waals surface area contributed by atoms with E-state index in [1.165, 1.54) is 18.2 Å². The SMILES string of the molecule is Cc1cc([C@@H](C)Nc2ccc(Cl)nc2C(=O)O)c2oc(-c3cc(F)ccc3C#N)c(C)c(=O)c2c1. The van der Waals surface area contributed by atoms with Gasteiger partial charge >= 0.3 is 5.97 Å². The second kappa shape index (κ2) is 9.20. The van der Waals surface area contributed by atoms with Gasteiger partial charge in [0.05, 0.1) is 28.7 Å². The number of pyridine rings is 1. The molecule has 0 saturated heterocycles. The number of nitrogens with zero attached hydrogens (tertiary/aromatic N) is 2. The third kappa shape index (κ3) is 4.46. The Balaban J connectivity index is 1.94. The fraction of sp³-hybridized carbons (Fsp3) is 0.154. The number of carboxylic acids is 1. The lowest BCUT2D eigenvalue weighted by Crippen LogP contribution is -2.14. The Labute approximate surface area is 204 Å². The van der Waals surface area contributed by atoms with E-state index in [2.05, 4.69) is 10.3 Å². The highest BCUT2D eigenvalue weighted by molar-refractivity contribution is 6.29. The summed E-state index contributed by atoms with van der Waals surface area (Å²) in [6.45, 7) is 5.16. The zero-order valence-electron chi connectivity index (χ0n) is 18.9. The van der Waals surface area contributed by atoms with E-state index in [1.807, 2.05) is 19.1 Å². The number of carbonyl (C=O) groups is 1. The quantitative estimate of drug-likeness (QED) is 0.328. The van der Waals surface area contributed by atoms with E-state index in [4.69, 9.17) is 16.0 Å². The van der Waals surface area contributed by atoms with Crippen molar-refractivity contribution >= 4 is 34.2 Å². The number of hydrogen-bond acceptors (Lipinski definition) is 6. The van der Waals surface area contributed by atoms with Crippen LogP contribution in [0.15, 0.2) is 51.7 Å². The molecule has 35 heavy (non-hydrogen) atoms. The predicted octanol–water partition coefficient (Wildman–Crippen LogP) is 6.01. The Bertz CT molecular complexity index is 1610. The van der Waals surface area contributed by atoms with Crippen LogP contribution in [-0.4, -0.2) is 16.1 Å². The van der Waals surface area contributed by atoms with Gasteiger partial charge in [-0.2, -0.15) is 5.26 Å². The number of nitriles is 1. The van der Waals surface area contributed by atoms with Crippen LogP contribution >= 0.6 is 11.6 Å². The molecule has 0 unspecified atom stereocenters. The van der Waals surface area contributed by atoms with E-state index in [1.54, 1.807) is 19.9 Å². The van der Waals surface area contributed by atoms with Crippen LogP contribution in [0.2, 0.25) is 5.15 Å². The van der Waals surface area contributed by atoms with E-state index in [0.717, 1.165) is 17.7 Å². The number of anilines is 1. The third-order valence-electron chi connectivity index (χ3n) is 5.64. The maximum Gasteiger partial charge on any atom is 0.356 e. The number of aromatic nitrogens is 1. The first-order valence-corrected chi connectivity index (χ1v) is 10.9. The molecule has 0 amide bonds. The Morgan fingerprint density at radius 3 is 2.66 bits per heavy atom. The molecule has 0 aliphatic carbocycles. The highest BCUT2D eigenvalue weighted by Crippen LogP contribution is 2.34. The van der Waals surface area contributed by atoms with Crippen LogP contribution in [0.4, 0.5) is 10.1 Å². The molecule has 4 aromatic rings. The Morgan fingerprint density at radius 1 is 1.23 bits per heavy atom. The van der Waals surface area contributed by atoms with Crippen molar-refractivity contribution in [2.45, 2.75) is 26.8 Å². The second-order valence-electron chi connectivity index (χ2n) is 8.12. The van der Waals surface area contributed by atoms with Gasteiger partial charge in [-0.1, -0.05) is 17.7 Å². The molecule has 2 N–H and O–H groups in total. The molecule has 0 radical (unpaired) electrons. The number of fused-ring (bicyclic) bond motifs is 1.